The van der Waals surface area contributed by atoms with Gasteiger partial charge in [0.05, 0.1) is 11.4 Å². The highest BCUT2D eigenvalue weighted by Crippen LogP contribution is 2.19. The van der Waals surface area contributed by atoms with Crippen LogP contribution in [0, 0.1) is 6.92 Å². The second-order valence-electron chi connectivity index (χ2n) is 6.68. The van der Waals surface area contributed by atoms with Gasteiger partial charge in [0.15, 0.2) is 0 Å². The summed E-state index contributed by atoms with van der Waals surface area (Å²) in [5.41, 5.74) is 1.05. The summed E-state index contributed by atoms with van der Waals surface area (Å²) in [6, 6.07) is 6.99. The van der Waals surface area contributed by atoms with Crippen molar-refractivity contribution in [2.45, 2.75) is 38.1 Å². The molecule has 1 aliphatic rings. The number of piperazine rings is 1. The van der Waals surface area contributed by atoms with Crippen LogP contribution in [0.2, 0.25) is 0 Å². The number of sulfonamides is 1. The van der Waals surface area contributed by atoms with Crippen LogP contribution in [0.1, 0.15) is 37.1 Å². The summed E-state index contributed by atoms with van der Waals surface area (Å²) in [6.45, 7) is 8.71. The standard InChI is InChI=1S/C17H24N4O3S/c1-13(2)17-19-18-16(24-17)12-20-8-10-21(11-9-20)25(22,23)15-6-4-14(3)5-7-15/h4-7,13H,8-12H2,1-3H3. The maximum atomic E-state index is 12.7. The first-order valence-corrected chi connectivity index (χ1v) is 9.91. The maximum Gasteiger partial charge on any atom is 0.243 e. The van der Waals surface area contributed by atoms with Crippen LogP contribution in [0.25, 0.3) is 0 Å². The first kappa shape index (κ1) is 18.0. The van der Waals surface area contributed by atoms with Gasteiger partial charge in [0.25, 0.3) is 0 Å². The van der Waals surface area contributed by atoms with Crippen molar-refractivity contribution in [2.24, 2.45) is 0 Å². The summed E-state index contributed by atoms with van der Waals surface area (Å²) < 4.78 is 32.6. The molecular formula is C17H24N4O3S. The fourth-order valence-corrected chi connectivity index (χ4v) is 4.16. The fraction of sp³-hybridized carbons (Fsp3) is 0.529. The molecule has 0 atom stereocenters. The molecule has 0 saturated carbocycles. The summed E-state index contributed by atoms with van der Waals surface area (Å²) in [5, 5.41) is 8.10. The lowest BCUT2D eigenvalue weighted by atomic mass is 10.2. The Morgan fingerprint density at radius 2 is 1.72 bits per heavy atom. The molecule has 0 spiro atoms. The van der Waals surface area contributed by atoms with E-state index in [9.17, 15) is 8.42 Å². The number of hydrogen-bond donors (Lipinski definition) is 0. The lowest BCUT2D eigenvalue weighted by molar-refractivity contribution is 0.167. The third-order valence-electron chi connectivity index (χ3n) is 4.33. The molecule has 1 aromatic heterocycles. The molecule has 7 nitrogen and oxygen atoms in total. The first-order valence-electron chi connectivity index (χ1n) is 8.47. The van der Waals surface area contributed by atoms with E-state index in [2.05, 4.69) is 15.1 Å². The van der Waals surface area contributed by atoms with Crippen LogP contribution < -0.4 is 0 Å². The molecule has 25 heavy (non-hydrogen) atoms. The van der Waals surface area contributed by atoms with E-state index in [-0.39, 0.29) is 5.92 Å². The van der Waals surface area contributed by atoms with Crippen LogP contribution >= 0.6 is 0 Å². The minimum absolute atomic E-state index is 0.206. The molecule has 1 saturated heterocycles. The van der Waals surface area contributed by atoms with E-state index in [4.69, 9.17) is 4.42 Å². The molecule has 0 aliphatic carbocycles. The fourth-order valence-electron chi connectivity index (χ4n) is 2.74. The SMILES string of the molecule is Cc1ccc(S(=O)(=O)N2CCN(Cc3nnc(C(C)C)o3)CC2)cc1. The predicted molar refractivity (Wildman–Crippen MR) is 93.6 cm³/mol. The number of rotatable bonds is 5. The van der Waals surface area contributed by atoms with Crippen LogP contribution in [0.3, 0.4) is 0 Å². The Kier molecular flexibility index (Phi) is 5.21. The average Bonchev–Trinajstić information content (AvgIpc) is 3.04. The molecule has 8 heteroatoms. The minimum atomic E-state index is -3.43. The molecule has 2 heterocycles. The van der Waals surface area contributed by atoms with Crippen LogP contribution in [-0.2, 0) is 16.6 Å². The smallest absolute Gasteiger partial charge is 0.243 e. The Hall–Kier alpha value is -1.77. The number of benzene rings is 1. The van der Waals surface area contributed by atoms with Gasteiger partial charge in [-0.05, 0) is 19.1 Å². The summed E-state index contributed by atoms with van der Waals surface area (Å²) in [6.07, 6.45) is 0. The van der Waals surface area contributed by atoms with Crippen molar-refractivity contribution in [1.29, 1.82) is 0 Å². The molecule has 0 amide bonds. The zero-order chi connectivity index (χ0) is 18.0. The van der Waals surface area contributed by atoms with Crippen LogP contribution in [-0.4, -0.2) is 54.0 Å². The van der Waals surface area contributed by atoms with E-state index in [0.717, 1.165) is 5.56 Å². The molecule has 2 aromatic rings. The quantitative estimate of drug-likeness (QED) is 0.807. The molecule has 136 valence electrons. The van der Waals surface area contributed by atoms with Crippen molar-refractivity contribution in [3.63, 3.8) is 0 Å². The van der Waals surface area contributed by atoms with E-state index in [1.165, 1.54) is 0 Å². The van der Waals surface area contributed by atoms with Gasteiger partial charge in [-0.2, -0.15) is 4.31 Å². The zero-order valence-corrected chi connectivity index (χ0v) is 15.7. The highest BCUT2D eigenvalue weighted by molar-refractivity contribution is 7.89. The maximum absolute atomic E-state index is 12.7. The number of aromatic nitrogens is 2. The first-order chi connectivity index (χ1) is 11.9. The van der Waals surface area contributed by atoms with Crippen molar-refractivity contribution in [2.75, 3.05) is 26.2 Å². The molecule has 1 aromatic carbocycles. The Balaban J connectivity index is 1.60. The highest BCUT2D eigenvalue weighted by atomic mass is 32.2. The summed E-state index contributed by atoms with van der Waals surface area (Å²) in [7, 11) is -3.43. The Morgan fingerprint density at radius 1 is 1.08 bits per heavy atom. The number of hydrogen-bond acceptors (Lipinski definition) is 6. The topological polar surface area (TPSA) is 79.5 Å². The largest absolute Gasteiger partial charge is 0.424 e. The molecule has 1 aliphatic heterocycles. The third kappa shape index (κ3) is 4.08. The highest BCUT2D eigenvalue weighted by Gasteiger charge is 2.29. The van der Waals surface area contributed by atoms with Crippen LogP contribution in [0.15, 0.2) is 33.6 Å². The van der Waals surface area contributed by atoms with Gasteiger partial charge in [-0.15, -0.1) is 10.2 Å². The lowest BCUT2D eigenvalue weighted by Gasteiger charge is -2.33. The van der Waals surface area contributed by atoms with Gasteiger partial charge in [-0.25, -0.2) is 8.42 Å². The van der Waals surface area contributed by atoms with Crippen molar-refractivity contribution in [3.05, 3.63) is 41.6 Å². The van der Waals surface area contributed by atoms with Gasteiger partial charge in [0.2, 0.25) is 21.8 Å². The summed E-state index contributed by atoms with van der Waals surface area (Å²) in [5.74, 6) is 1.42. The Labute approximate surface area is 148 Å². The minimum Gasteiger partial charge on any atom is -0.424 e. The van der Waals surface area contributed by atoms with E-state index in [0.29, 0.717) is 49.4 Å². The van der Waals surface area contributed by atoms with E-state index in [1.54, 1.807) is 16.4 Å². The van der Waals surface area contributed by atoms with Crippen molar-refractivity contribution in [3.8, 4) is 0 Å². The average molecular weight is 364 g/mol. The van der Waals surface area contributed by atoms with Crippen LogP contribution in [0.5, 0.6) is 0 Å². The van der Waals surface area contributed by atoms with Gasteiger partial charge in [-0.1, -0.05) is 31.5 Å². The third-order valence-corrected chi connectivity index (χ3v) is 6.24. The summed E-state index contributed by atoms with van der Waals surface area (Å²) >= 11 is 0. The van der Waals surface area contributed by atoms with Gasteiger partial charge >= 0.3 is 0 Å². The van der Waals surface area contributed by atoms with Gasteiger partial charge in [0.1, 0.15) is 0 Å². The van der Waals surface area contributed by atoms with Gasteiger partial charge < -0.3 is 4.42 Å². The molecule has 0 unspecified atom stereocenters. The summed E-state index contributed by atoms with van der Waals surface area (Å²) in [4.78, 5) is 2.49. The van der Waals surface area contributed by atoms with E-state index < -0.39 is 10.0 Å². The Bertz CT molecular complexity index is 807. The molecule has 0 N–H and O–H groups in total. The molecule has 3 rings (SSSR count). The van der Waals surface area contributed by atoms with Gasteiger partial charge in [-0.3, -0.25) is 4.90 Å². The second kappa shape index (κ2) is 7.23. The molecule has 1 fully saturated rings. The lowest BCUT2D eigenvalue weighted by Crippen LogP contribution is -2.48. The normalized spacial score (nSPS) is 17.3. The molecular weight excluding hydrogens is 340 g/mol. The molecule has 0 radical (unpaired) electrons. The predicted octanol–water partition coefficient (Wildman–Crippen LogP) is 2.01. The number of nitrogens with zero attached hydrogens (tertiary/aromatic N) is 4. The van der Waals surface area contributed by atoms with Crippen molar-refractivity contribution in [1.82, 2.24) is 19.4 Å². The van der Waals surface area contributed by atoms with Crippen molar-refractivity contribution >= 4 is 10.0 Å². The second-order valence-corrected chi connectivity index (χ2v) is 8.62. The Morgan fingerprint density at radius 3 is 2.28 bits per heavy atom. The van der Waals surface area contributed by atoms with Crippen LogP contribution in [0.4, 0.5) is 0 Å². The van der Waals surface area contributed by atoms with E-state index >= 15 is 0 Å². The van der Waals surface area contributed by atoms with E-state index in [1.807, 2.05) is 32.9 Å². The van der Waals surface area contributed by atoms with Gasteiger partial charge in [0, 0.05) is 32.1 Å². The zero-order valence-electron chi connectivity index (χ0n) is 14.8. The number of aryl methyl sites for hydroxylation is 1. The van der Waals surface area contributed by atoms with Crippen molar-refractivity contribution < 1.29 is 12.8 Å². The monoisotopic (exact) mass is 364 g/mol. The molecule has 0 bridgehead atoms.